The molecule has 6 heteroatoms. The van der Waals surface area contributed by atoms with E-state index in [1.807, 2.05) is 6.92 Å². The van der Waals surface area contributed by atoms with E-state index in [-0.39, 0.29) is 5.97 Å². The number of esters is 1. The number of carbonyl (C=O) groups excluding carboxylic acids is 1. The van der Waals surface area contributed by atoms with Gasteiger partial charge >= 0.3 is 14.8 Å². The molecule has 30 heavy (non-hydrogen) atoms. The van der Waals surface area contributed by atoms with Crippen molar-refractivity contribution in [2.24, 2.45) is 0 Å². The van der Waals surface area contributed by atoms with Crippen molar-refractivity contribution < 1.29 is 22.8 Å². The number of allylic oxidation sites excluding steroid dienone is 6. The average molecular weight is 441 g/mol. The summed E-state index contributed by atoms with van der Waals surface area (Å²) in [6.07, 6.45) is 24.1. The molecule has 174 valence electrons. The SMILES string of the molecule is CC/C=C\C/C=C\C/C=C\CCCCCCCC(=O)OC(CC)[Si](OC)(OC)OC. The fourth-order valence-corrected chi connectivity index (χ4v) is 5.22. The topological polar surface area (TPSA) is 54.0 Å². The molecule has 0 bridgehead atoms. The van der Waals surface area contributed by atoms with Gasteiger partial charge in [0.2, 0.25) is 0 Å². The van der Waals surface area contributed by atoms with E-state index in [0.29, 0.717) is 12.8 Å². The zero-order valence-corrected chi connectivity index (χ0v) is 20.9. The van der Waals surface area contributed by atoms with E-state index in [1.54, 1.807) is 0 Å². The number of hydrogen-bond donors (Lipinski definition) is 0. The summed E-state index contributed by atoms with van der Waals surface area (Å²) in [5.41, 5.74) is -0.459. The smallest absolute Gasteiger partial charge is 0.458 e. The molecule has 0 radical (unpaired) electrons. The molecular weight excluding hydrogens is 396 g/mol. The fraction of sp³-hybridized carbons (Fsp3) is 0.708. The highest BCUT2D eigenvalue weighted by atomic mass is 28.4. The second kappa shape index (κ2) is 19.7. The molecule has 0 aliphatic rings. The van der Waals surface area contributed by atoms with Crippen LogP contribution in [0.2, 0.25) is 0 Å². The van der Waals surface area contributed by atoms with Crippen LogP contribution in [0, 0.1) is 0 Å². The molecule has 1 unspecified atom stereocenters. The van der Waals surface area contributed by atoms with Gasteiger partial charge in [-0.05, 0) is 44.9 Å². The van der Waals surface area contributed by atoms with Crippen molar-refractivity contribution in [2.45, 2.75) is 90.2 Å². The van der Waals surface area contributed by atoms with E-state index in [2.05, 4.69) is 43.4 Å². The molecule has 0 saturated heterocycles. The van der Waals surface area contributed by atoms with Crippen LogP contribution >= 0.6 is 0 Å². The Labute approximate surface area is 185 Å². The summed E-state index contributed by atoms with van der Waals surface area (Å²) in [6, 6.07) is 0. The van der Waals surface area contributed by atoms with E-state index >= 15 is 0 Å². The summed E-state index contributed by atoms with van der Waals surface area (Å²) in [5.74, 6) is -0.203. The summed E-state index contributed by atoms with van der Waals surface area (Å²) in [4.78, 5) is 12.2. The predicted molar refractivity (Wildman–Crippen MR) is 126 cm³/mol. The monoisotopic (exact) mass is 440 g/mol. The van der Waals surface area contributed by atoms with Gasteiger partial charge in [0.25, 0.3) is 0 Å². The Morgan fingerprint density at radius 3 is 1.87 bits per heavy atom. The van der Waals surface area contributed by atoms with Gasteiger partial charge < -0.3 is 18.0 Å². The number of unbranched alkanes of at least 4 members (excludes halogenated alkanes) is 5. The number of hydrogen-bond acceptors (Lipinski definition) is 5. The van der Waals surface area contributed by atoms with E-state index in [9.17, 15) is 4.79 Å². The van der Waals surface area contributed by atoms with E-state index < -0.39 is 14.5 Å². The maximum Gasteiger partial charge on any atom is 0.543 e. The molecule has 0 spiro atoms. The Morgan fingerprint density at radius 1 is 0.767 bits per heavy atom. The minimum absolute atomic E-state index is 0.203. The van der Waals surface area contributed by atoms with Crippen LogP contribution in [0.4, 0.5) is 0 Å². The van der Waals surface area contributed by atoms with Crippen molar-refractivity contribution in [2.75, 3.05) is 21.3 Å². The van der Waals surface area contributed by atoms with Gasteiger partial charge in [0.15, 0.2) is 5.73 Å². The van der Waals surface area contributed by atoms with Gasteiger partial charge in [-0.15, -0.1) is 0 Å². The third-order valence-electron chi connectivity index (χ3n) is 4.92. The van der Waals surface area contributed by atoms with Crippen LogP contribution in [0.25, 0.3) is 0 Å². The normalized spacial score (nSPS) is 13.6. The first-order chi connectivity index (χ1) is 14.6. The minimum atomic E-state index is -2.96. The molecule has 0 aromatic heterocycles. The molecule has 0 aliphatic carbocycles. The Morgan fingerprint density at radius 2 is 1.30 bits per heavy atom. The highest BCUT2D eigenvalue weighted by Gasteiger charge is 2.49. The Kier molecular flexibility index (Phi) is 18.9. The average Bonchev–Trinajstić information content (AvgIpc) is 2.77. The summed E-state index contributed by atoms with van der Waals surface area (Å²) in [7, 11) is 1.65. The first kappa shape index (κ1) is 28.8. The third kappa shape index (κ3) is 13.2. The van der Waals surface area contributed by atoms with Gasteiger partial charge in [-0.25, -0.2) is 0 Å². The van der Waals surface area contributed by atoms with Crippen molar-refractivity contribution >= 4 is 14.8 Å². The number of ether oxygens (including phenoxy) is 1. The molecule has 0 amide bonds. The lowest BCUT2D eigenvalue weighted by atomic mass is 10.1. The zero-order valence-electron chi connectivity index (χ0n) is 19.9. The molecule has 0 aromatic rings. The quantitative estimate of drug-likeness (QED) is 0.102. The maximum absolute atomic E-state index is 12.2. The highest BCUT2D eigenvalue weighted by Crippen LogP contribution is 2.19. The summed E-state index contributed by atoms with van der Waals surface area (Å²) in [6.45, 7) is 4.09. The van der Waals surface area contributed by atoms with Crippen molar-refractivity contribution in [3.05, 3.63) is 36.5 Å². The van der Waals surface area contributed by atoms with Crippen molar-refractivity contribution in [1.82, 2.24) is 0 Å². The van der Waals surface area contributed by atoms with Crippen LogP contribution in [0.15, 0.2) is 36.5 Å². The van der Waals surface area contributed by atoms with Gasteiger partial charge in [0.05, 0.1) is 0 Å². The van der Waals surface area contributed by atoms with Crippen LogP contribution in [0.3, 0.4) is 0 Å². The first-order valence-electron chi connectivity index (χ1n) is 11.4. The Hall–Kier alpha value is -1.21. The lowest BCUT2D eigenvalue weighted by Crippen LogP contribution is -2.55. The van der Waals surface area contributed by atoms with Crippen LogP contribution in [-0.2, 0) is 22.8 Å². The van der Waals surface area contributed by atoms with Gasteiger partial charge in [-0.2, -0.15) is 0 Å². The van der Waals surface area contributed by atoms with Crippen molar-refractivity contribution in [3.63, 3.8) is 0 Å². The van der Waals surface area contributed by atoms with Gasteiger partial charge in [-0.3, -0.25) is 4.79 Å². The van der Waals surface area contributed by atoms with Crippen LogP contribution in [-0.4, -0.2) is 41.8 Å². The first-order valence-corrected chi connectivity index (χ1v) is 13.2. The van der Waals surface area contributed by atoms with Gasteiger partial charge in [-0.1, -0.05) is 69.6 Å². The Balaban J connectivity index is 3.80. The number of rotatable bonds is 19. The van der Waals surface area contributed by atoms with Gasteiger partial charge in [0.1, 0.15) is 0 Å². The fourth-order valence-electron chi connectivity index (χ4n) is 3.16. The van der Waals surface area contributed by atoms with Crippen LogP contribution in [0.5, 0.6) is 0 Å². The van der Waals surface area contributed by atoms with Crippen LogP contribution < -0.4 is 0 Å². The van der Waals surface area contributed by atoms with E-state index in [0.717, 1.165) is 44.9 Å². The molecular formula is C24H44O5Si. The summed E-state index contributed by atoms with van der Waals surface area (Å²) < 4.78 is 21.9. The molecule has 0 fully saturated rings. The second-order valence-electron chi connectivity index (χ2n) is 7.20. The molecule has 0 heterocycles. The molecule has 0 aliphatic heterocycles. The standard InChI is InChI=1S/C24H44O5Si/c1-6-8-9-10-11-12-13-14-15-16-17-18-19-20-21-22-23(25)29-24(7-2)30(26-3,27-4)28-5/h8-9,11-12,14-15,24H,6-7,10,13,16-22H2,1-5H3/b9-8-,12-11-,15-14-. The second-order valence-corrected chi connectivity index (χ2v) is 10.3. The molecule has 5 nitrogen and oxygen atoms in total. The van der Waals surface area contributed by atoms with Crippen molar-refractivity contribution in [1.29, 1.82) is 0 Å². The Bertz CT molecular complexity index is 490. The largest absolute Gasteiger partial charge is 0.543 e. The maximum atomic E-state index is 12.2. The minimum Gasteiger partial charge on any atom is -0.458 e. The zero-order chi connectivity index (χ0) is 22.5. The van der Waals surface area contributed by atoms with Crippen molar-refractivity contribution in [3.8, 4) is 0 Å². The van der Waals surface area contributed by atoms with E-state index in [4.69, 9.17) is 18.0 Å². The van der Waals surface area contributed by atoms with E-state index in [1.165, 1.54) is 34.2 Å². The number of carbonyl (C=O) groups is 1. The third-order valence-corrected chi connectivity index (χ3v) is 7.95. The van der Waals surface area contributed by atoms with Crippen LogP contribution in [0.1, 0.15) is 84.5 Å². The molecule has 1 atom stereocenters. The summed E-state index contributed by atoms with van der Waals surface area (Å²) >= 11 is 0. The molecule has 0 saturated carbocycles. The molecule has 0 rings (SSSR count). The summed E-state index contributed by atoms with van der Waals surface area (Å²) in [5, 5.41) is 0. The van der Waals surface area contributed by atoms with Gasteiger partial charge in [0, 0.05) is 27.8 Å². The lowest BCUT2D eigenvalue weighted by molar-refractivity contribution is -0.148. The lowest BCUT2D eigenvalue weighted by Gasteiger charge is -2.31. The highest BCUT2D eigenvalue weighted by molar-refractivity contribution is 6.62. The molecule has 0 N–H and O–H groups in total. The molecule has 0 aromatic carbocycles. The predicted octanol–water partition coefficient (Wildman–Crippen LogP) is 6.32.